The van der Waals surface area contributed by atoms with Crippen LogP contribution >= 0.6 is 23.1 Å². The van der Waals surface area contributed by atoms with Gasteiger partial charge in [-0.3, -0.25) is 14.2 Å². The van der Waals surface area contributed by atoms with Gasteiger partial charge in [-0.1, -0.05) is 55.9 Å². The fraction of sp³-hybridized carbons (Fsp3) is 0.208. The number of aromatic nitrogens is 2. The Kier molecular flexibility index (Phi) is 6.62. The molecule has 1 N–H and O–H groups in total. The summed E-state index contributed by atoms with van der Waals surface area (Å²) < 4.78 is 7.56. The van der Waals surface area contributed by atoms with Gasteiger partial charge in [0.1, 0.15) is 10.4 Å². The van der Waals surface area contributed by atoms with E-state index in [1.165, 1.54) is 27.7 Å². The van der Waals surface area contributed by atoms with Crippen molar-refractivity contribution in [2.75, 3.05) is 18.2 Å². The van der Waals surface area contributed by atoms with Crippen LogP contribution in [0.3, 0.4) is 0 Å². The number of benzene rings is 2. The summed E-state index contributed by atoms with van der Waals surface area (Å²) >= 11 is 2.57. The minimum atomic E-state index is -0.178. The molecule has 0 fully saturated rings. The number of ether oxygens (including phenoxy) is 1. The van der Waals surface area contributed by atoms with Crippen molar-refractivity contribution in [3.05, 3.63) is 75.9 Å². The lowest BCUT2D eigenvalue weighted by atomic mass is 10.0. The molecule has 0 atom stereocenters. The third-order valence-corrected chi connectivity index (χ3v) is 6.79. The molecule has 2 aromatic heterocycles. The SMILES string of the molecule is COc1ccccc1-n1c(SCC(=O)Nc2ccccc2C(C)C)nc2ccsc2c1=O. The summed E-state index contributed by atoms with van der Waals surface area (Å²) in [6.07, 6.45) is 0. The van der Waals surface area contributed by atoms with Gasteiger partial charge < -0.3 is 10.1 Å². The fourth-order valence-electron chi connectivity index (χ4n) is 3.45. The van der Waals surface area contributed by atoms with Crippen LogP contribution < -0.4 is 15.6 Å². The first-order valence-corrected chi connectivity index (χ1v) is 12.0. The number of amides is 1. The number of carbonyl (C=O) groups is 1. The molecule has 32 heavy (non-hydrogen) atoms. The molecule has 0 unspecified atom stereocenters. The highest BCUT2D eigenvalue weighted by atomic mass is 32.2. The first kappa shape index (κ1) is 22.1. The smallest absolute Gasteiger partial charge is 0.276 e. The largest absolute Gasteiger partial charge is 0.495 e. The number of methoxy groups -OCH3 is 1. The molecular weight excluding hydrogens is 442 g/mol. The second-order valence-electron chi connectivity index (χ2n) is 7.42. The molecule has 2 heterocycles. The van der Waals surface area contributed by atoms with Crippen molar-refractivity contribution in [2.45, 2.75) is 24.9 Å². The second kappa shape index (κ2) is 9.58. The van der Waals surface area contributed by atoms with E-state index >= 15 is 0 Å². The number of hydrogen-bond acceptors (Lipinski definition) is 6. The highest BCUT2D eigenvalue weighted by Crippen LogP contribution is 2.29. The fourth-order valence-corrected chi connectivity index (χ4v) is 5.01. The number of nitrogens with zero attached hydrogens (tertiary/aromatic N) is 2. The van der Waals surface area contributed by atoms with Crippen LogP contribution in [0.25, 0.3) is 15.9 Å². The third kappa shape index (κ3) is 4.42. The number of anilines is 1. The van der Waals surface area contributed by atoms with Crippen LogP contribution in [0.4, 0.5) is 5.69 Å². The quantitative estimate of drug-likeness (QED) is 0.296. The zero-order chi connectivity index (χ0) is 22.7. The molecule has 6 nitrogen and oxygen atoms in total. The van der Waals surface area contributed by atoms with Crippen molar-refractivity contribution in [3.8, 4) is 11.4 Å². The van der Waals surface area contributed by atoms with E-state index < -0.39 is 0 Å². The topological polar surface area (TPSA) is 73.2 Å². The molecule has 0 bridgehead atoms. The molecule has 0 aliphatic heterocycles. The molecule has 8 heteroatoms. The molecule has 164 valence electrons. The Morgan fingerprint density at radius 1 is 1.16 bits per heavy atom. The Balaban J connectivity index is 1.66. The lowest BCUT2D eigenvalue weighted by molar-refractivity contribution is -0.113. The van der Waals surface area contributed by atoms with Gasteiger partial charge in [0.2, 0.25) is 5.91 Å². The summed E-state index contributed by atoms with van der Waals surface area (Å²) in [6.45, 7) is 4.18. The van der Waals surface area contributed by atoms with Crippen molar-refractivity contribution < 1.29 is 9.53 Å². The van der Waals surface area contributed by atoms with Crippen LogP contribution in [0, 0.1) is 0 Å². The van der Waals surface area contributed by atoms with Crippen molar-refractivity contribution in [1.82, 2.24) is 9.55 Å². The van der Waals surface area contributed by atoms with Crippen LogP contribution in [0.15, 0.2) is 69.9 Å². The van der Waals surface area contributed by atoms with E-state index in [1.807, 2.05) is 53.9 Å². The number of thiophene rings is 1. The van der Waals surface area contributed by atoms with Crippen LogP contribution in [-0.2, 0) is 4.79 Å². The van der Waals surface area contributed by atoms with Gasteiger partial charge in [-0.15, -0.1) is 11.3 Å². The van der Waals surface area contributed by atoms with Crippen molar-refractivity contribution in [1.29, 1.82) is 0 Å². The van der Waals surface area contributed by atoms with E-state index in [9.17, 15) is 9.59 Å². The van der Waals surface area contributed by atoms with E-state index in [2.05, 4.69) is 24.1 Å². The van der Waals surface area contributed by atoms with E-state index in [0.29, 0.717) is 26.8 Å². The van der Waals surface area contributed by atoms with Gasteiger partial charge in [0.25, 0.3) is 5.56 Å². The molecule has 2 aromatic carbocycles. The minimum Gasteiger partial charge on any atom is -0.495 e. The third-order valence-electron chi connectivity index (χ3n) is 4.96. The van der Waals surface area contributed by atoms with E-state index in [0.717, 1.165) is 11.3 Å². The highest BCUT2D eigenvalue weighted by Gasteiger charge is 2.18. The number of nitrogens with one attached hydrogen (secondary N) is 1. The Bertz CT molecular complexity index is 1330. The number of carbonyl (C=O) groups excluding carboxylic acids is 1. The predicted octanol–water partition coefficient (Wildman–Crippen LogP) is 5.31. The van der Waals surface area contributed by atoms with Gasteiger partial charge in [-0.05, 0) is 41.1 Å². The monoisotopic (exact) mass is 465 g/mol. The van der Waals surface area contributed by atoms with Crippen LogP contribution in [0.2, 0.25) is 0 Å². The molecule has 4 aromatic rings. The highest BCUT2D eigenvalue weighted by molar-refractivity contribution is 7.99. The van der Waals surface area contributed by atoms with Gasteiger partial charge in [-0.2, -0.15) is 0 Å². The molecule has 0 aliphatic rings. The number of rotatable bonds is 7. The van der Waals surface area contributed by atoms with E-state index in [1.54, 1.807) is 13.2 Å². The van der Waals surface area contributed by atoms with Gasteiger partial charge in [-0.25, -0.2) is 4.98 Å². The summed E-state index contributed by atoms with van der Waals surface area (Å²) in [7, 11) is 1.56. The lowest BCUT2D eigenvalue weighted by Crippen LogP contribution is -2.22. The zero-order valence-corrected chi connectivity index (χ0v) is 19.6. The zero-order valence-electron chi connectivity index (χ0n) is 18.0. The molecule has 0 saturated carbocycles. The number of para-hydroxylation sites is 3. The molecular formula is C24H23N3O3S2. The minimum absolute atomic E-state index is 0.115. The predicted molar refractivity (Wildman–Crippen MR) is 132 cm³/mol. The summed E-state index contributed by atoms with van der Waals surface area (Å²) in [4.78, 5) is 30.7. The maximum Gasteiger partial charge on any atom is 0.276 e. The number of thioether (sulfide) groups is 1. The average Bonchev–Trinajstić information content (AvgIpc) is 3.27. The molecule has 0 radical (unpaired) electrons. The molecule has 0 spiro atoms. The van der Waals surface area contributed by atoms with E-state index in [4.69, 9.17) is 4.74 Å². The number of fused-ring (bicyclic) bond motifs is 1. The van der Waals surface area contributed by atoms with Crippen molar-refractivity contribution in [2.24, 2.45) is 0 Å². The molecule has 4 rings (SSSR count). The van der Waals surface area contributed by atoms with Crippen molar-refractivity contribution >= 4 is 44.9 Å². The summed E-state index contributed by atoms with van der Waals surface area (Å²) in [5, 5.41) is 5.28. The lowest BCUT2D eigenvalue weighted by Gasteiger charge is -2.15. The van der Waals surface area contributed by atoms with Gasteiger partial charge in [0.15, 0.2) is 5.16 Å². The normalized spacial score (nSPS) is 11.1. The molecule has 0 saturated heterocycles. The summed E-state index contributed by atoms with van der Waals surface area (Å²) in [5.41, 5.74) is 2.92. The second-order valence-corrected chi connectivity index (χ2v) is 9.28. The Morgan fingerprint density at radius 3 is 2.69 bits per heavy atom. The van der Waals surface area contributed by atoms with E-state index in [-0.39, 0.29) is 23.1 Å². The molecule has 0 aliphatic carbocycles. The maximum absolute atomic E-state index is 13.3. The maximum atomic E-state index is 13.3. The van der Waals surface area contributed by atoms with Gasteiger partial charge >= 0.3 is 0 Å². The summed E-state index contributed by atoms with van der Waals surface area (Å²) in [6, 6.07) is 16.9. The van der Waals surface area contributed by atoms with Crippen LogP contribution in [0.5, 0.6) is 5.75 Å². The van der Waals surface area contributed by atoms with Crippen LogP contribution in [0.1, 0.15) is 25.3 Å². The van der Waals surface area contributed by atoms with Gasteiger partial charge in [0, 0.05) is 5.69 Å². The number of hydrogen-bond donors (Lipinski definition) is 1. The molecule has 1 amide bonds. The first-order valence-electron chi connectivity index (χ1n) is 10.1. The Labute approximate surface area is 194 Å². The van der Waals surface area contributed by atoms with Crippen molar-refractivity contribution in [3.63, 3.8) is 0 Å². The standard InChI is InChI=1S/C24H23N3O3S2/c1-15(2)16-8-4-5-9-17(16)25-21(28)14-32-24-26-18-12-13-31-22(18)23(29)27(24)19-10-6-7-11-20(19)30-3/h4-13,15H,14H2,1-3H3,(H,25,28). The average molecular weight is 466 g/mol. The van der Waals surface area contributed by atoms with Crippen LogP contribution in [-0.4, -0.2) is 28.3 Å². The first-order chi connectivity index (χ1) is 15.5. The Hall–Kier alpha value is -3.10. The van der Waals surface area contributed by atoms with Gasteiger partial charge in [0.05, 0.1) is 24.1 Å². The Morgan fingerprint density at radius 2 is 1.91 bits per heavy atom. The summed E-state index contributed by atoms with van der Waals surface area (Å²) in [5.74, 6) is 0.806.